The number of anilines is 2. The van der Waals surface area contributed by atoms with Crippen LogP contribution in [0.2, 0.25) is 0 Å². The van der Waals surface area contributed by atoms with Gasteiger partial charge in [-0.05, 0) is 48.2 Å². The summed E-state index contributed by atoms with van der Waals surface area (Å²) >= 11 is 0. The number of fused-ring (bicyclic) bond motifs is 1. The minimum absolute atomic E-state index is 0.154. The molecule has 0 saturated heterocycles. The maximum Gasteiger partial charge on any atom is 0.255 e. The van der Waals surface area contributed by atoms with Gasteiger partial charge in [0.15, 0.2) is 0 Å². The molecule has 0 aliphatic carbocycles. The highest BCUT2D eigenvalue weighted by atomic mass is 16.5. The van der Waals surface area contributed by atoms with Crippen LogP contribution in [-0.4, -0.2) is 32.6 Å². The second-order valence-corrected chi connectivity index (χ2v) is 7.30. The second kappa shape index (κ2) is 8.33. The number of ether oxygens (including phenoxy) is 2. The lowest BCUT2D eigenvalue weighted by Crippen LogP contribution is -2.37. The molecule has 148 valence electrons. The molecule has 2 aromatic carbocycles. The number of nitrogens with zero attached hydrogens (tertiary/aromatic N) is 1. The second-order valence-electron chi connectivity index (χ2n) is 7.30. The van der Waals surface area contributed by atoms with Crippen molar-refractivity contribution in [1.82, 2.24) is 0 Å². The molecular formula is C22H26N2O4. The maximum absolute atomic E-state index is 12.7. The third-order valence-electron chi connectivity index (χ3n) is 4.70. The first-order chi connectivity index (χ1) is 13.4. The largest absolute Gasteiger partial charge is 0.497 e. The lowest BCUT2D eigenvalue weighted by molar-refractivity contribution is -0.119. The summed E-state index contributed by atoms with van der Waals surface area (Å²) in [4.78, 5) is 26.8. The molecule has 0 aromatic heterocycles. The number of methoxy groups -OCH3 is 2. The third kappa shape index (κ3) is 4.27. The van der Waals surface area contributed by atoms with Crippen molar-refractivity contribution in [3.8, 4) is 11.5 Å². The third-order valence-corrected chi connectivity index (χ3v) is 4.70. The fraction of sp³-hybridized carbons (Fsp3) is 0.364. The SMILES string of the molecule is COc1cc(OC)cc(C(=O)Nc2ccc3c(c2)CCC(=O)N3CC(C)C)c1. The van der Waals surface area contributed by atoms with Crippen LogP contribution in [0.1, 0.15) is 36.2 Å². The van der Waals surface area contributed by atoms with Crippen LogP contribution in [0.3, 0.4) is 0 Å². The van der Waals surface area contributed by atoms with Gasteiger partial charge in [0.05, 0.1) is 14.2 Å². The van der Waals surface area contributed by atoms with Crippen LogP contribution in [0, 0.1) is 5.92 Å². The molecule has 1 aliphatic heterocycles. The average molecular weight is 382 g/mol. The van der Waals surface area contributed by atoms with Gasteiger partial charge in [-0.15, -0.1) is 0 Å². The minimum atomic E-state index is -0.247. The zero-order chi connectivity index (χ0) is 20.3. The number of carbonyl (C=O) groups is 2. The van der Waals surface area contributed by atoms with Crippen LogP contribution < -0.4 is 19.7 Å². The molecule has 28 heavy (non-hydrogen) atoms. The molecular weight excluding hydrogens is 356 g/mol. The quantitative estimate of drug-likeness (QED) is 0.823. The van der Waals surface area contributed by atoms with Crippen molar-refractivity contribution in [3.63, 3.8) is 0 Å². The number of amides is 2. The number of nitrogens with one attached hydrogen (secondary N) is 1. The van der Waals surface area contributed by atoms with Crippen molar-refractivity contribution >= 4 is 23.2 Å². The van der Waals surface area contributed by atoms with Gasteiger partial charge < -0.3 is 19.7 Å². The van der Waals surface area contributed by atoms with Crippen LogP contribution in [-0.2, 0) is 11.2 Å². The van der Waals surface area contributed by atoms with Gasteiger partial charge in [-0.1, -0.05) is 13.8 Å². The van der Waals surface area contributed by atoms with E-state index in [0.29, 0.717) is 48.1 Å². The van der Waals surface area contributed by atoms with Gasteiger partial charge in [-0.2, -0.15) is 0 Å². The highest BCUT2D eigenvalue weighted by molar-refractivity contribution is 6.05. The fourth-order valence-electron chi connectivity index (χ4n) is 3.34. The summed E-state index contributed by atoms with van der Waals surface area (Å²) in [5.74, 6) is 1.40. The summed E-state index contributed by atoms with van der Waals surface area (Å²) < 4.78 is 10.5. The Morgan fingerprint density at radius 1 is 1.07 bits per heavy atom. The Morgan fingerprint density at radius 2 is 1.75 bits per heavy atom. The summed E-state index contributed by atoms with van der Waals surface area (Å²) in [6.45, 7) is 4.89. The van der Waals surface area contributed by atoms with Gasteiger partial charge in [-0.25, -0.2) is 0 Å². The van der Waals surface area contributed by atoms with E-state index < -0.39 is 0 Å². The molecule has 2 aromatic rings. The van der Waals surface area contributed by atoms with E-state index in [1.54, 1.807) is 32.4 Å². The van der Waals surface area contributed by atoms with E-state index >= 15 is 0 Å². The van der Waals surface area contributed by atoms with E-state index in [0.717, 1.165) is 11.3 Å². The van der Waals surface area contributed by atoms with Crippen molar-refractivity contribution in [2.75, 3.05) is 31.0 Å². The van der Waals surface area contributed by atoms with Crippen molar-refractivity contribution in [3.05, 3.63) is 47.5 Å². The number of rotatable bonds is 6. The topological polar surface area (TPSA) is 67.9 Å². The van der Waals surface area contributed by atoms with Crippen LogP contribution in [0.15, 0.2) is 36.4 Å². The Labute approximate surface area is 165 Å². The van der Waals surface area contributed by atoms with Crippen LogP contribution in [0.5, 0.6) is 11.5 Å². The van der Waals surface area contributed by atoms with Crippen molar-refractivity contribution in [2.45, 2.75) is 26.7 Å². The normalized spacial score (nSPS) is 13.3. The van der Waals surface area contributed by atoms with Crippen molar-refractivity contribution in [1.29, 1.82) is 0 Å². The number of hydrogen-bond donors (Lipinski definition) is 1. The smallest absolute Gasteiger partial charge is 0.255 e. The molecule has 1 heterocycles. The van der Waals surface area contributed by atoms with Gasteiger partial charge in [0.1, 0.15) is 11.5 Å². The lowest BCUT2D eigenvalue weighted by Gasteiger charge is -2.31. The molecule has 0 radical (unpaired) electrons. The van der Waals surface area contributed by atoms with Crippen molar-refractivity contribution in [2.24, 2.45) is 5.92 Å². The van der Waals surface area contributed by atoms with Gasteiger partial charge in [0.25, 0.3) is 5.91 Å². The molecule has 3 rings (SSSR count). The van der Waals surface area contributed by atoms with Crippen LogP contribution in [0.4, 0.5) is 11.4 Å². The molecule has 0 unspecified atom stereocenters. The molecule has 0 atom stereocenters. The lowest BCUT2D eigenvalue weighted by atomic mass is 9.99. The fourth-order valence-corrected chi connectivity index (χ4v) is 3.34. The van der Waals surface area contributed by atoms with Crippen LogP contribution >= 0.6 is 0 Å². The first kappa shape index (κ1) is 19.7. The standard InChI is InChI=1S/C22H26N2O4/c1-14(2)13-24-20-7-6-17(9-15(20)5-8-21(24)25)23-22(26)16-10-18(27-3)12-19(11-16)28-4/h6-7,9-12,14H,5,8,13H2,1-4H3,(H,23,26). The Morgan fingerprint density at radius 3 is 2.36 bits per heavy atom. The Balaban J connectivity index is 1.82. The Kier molecular flexibility index (Phi) is 5.87. The van der Waals surface area contributed by atoms with Crippen LogP contribution in [0.25, 0.3) is 0 Å². The number of benzene rings is 2. The molecule has 1 N–H and O–H groups in total. The minimum Gasteiger partial charge on any atom is -0.497 e. The van der Waals surface area contributed by atoms with Gasteiger partial charge in [-0.3, -0.25) is 9.59 Å². The maximum atomic E-state index is 12.7. The van der Waals surface area contributed by atoms with E-state index in [1.807, 2.05) is 23.1 Å². The first-order valence-corrected chi connectivity index (χ1v) is 9.39. The zero-order valence-electron chi connectivity index (χ0n) is 16.7. The molecule has 2 amide bonds. The van der Waals surface area contributed by atoms with E-state index in [2.05, 4.69) is 19.2 Å². The summed E-state index contributed by atoms with van der Waals surface area (Å²) in [7, 11) is 3.09. The monoisotopic (exact) mass is 382 g/mol. The van der Waals surface area contributed by atoms with E-state index in [9.17, 15) is 9.59 Å². The Bertz CT molecular complexity index is 870. The van der Waals surface area contributed by atoms with Gasteiger partial charge in [0, 0.05) is 36.0 Å². The summed E-state index contributed by atoms with van der Waals surface area (Å²) in [6.07, 6.45) is 1.17. The zero-order valence-corrected chi connectivity index (χ0v) is 16.7. The van der Waals surface area contributed by atoms with Gasteiger partial charge >= 0.3 is 0 Å². The number of carbonyl (C=O) groups excluding carboxylic acids is 2. The predicted molar refractivity (Wildman–Crippen MR) is 109 cm³/mol. The summed E-state index contributed by atoms with van der Waals surface area (Å²) in [6, 6.07) is 10.7. The molecule has 0 saturated carbocycles. The van der Waals surface area contributed by atoms with E-state index in [-0.39, 0.29) is 11.8 Å². The van der Waals surface area contributed by atoms with E-state index in [1.165, 1.54) is 0 Å². The summed E-state index contributed by atoms with van der Waals surface area (Å²) in [5, 5.41) is 2.92. The van der Waals surface area contributed by atoms with Crippen molar-refractivity contribution < 1.29 is 19.1 Å². The first-order valence-electron chi connectivity index (χ1n) is 9.39. The molecule has 6 nitrogen and oxygen atoms in total. The summed E-state index contributed by atoms with van der Waals surface area (Å²) in [5.41, 5.74) is 3.15. The molecule has 1 aliphatic rings. The number of hydrogen-bond acceptors (Lipinski definition) is 4. The molecule has 0 fully saturated rings. The molecule has 0 spiro atoms. The number of aryl methyl sites for hydroxylation is 1. The predicted octanol–water partition coefficient (Wildman–Crippen LogP) is 3.89. The highest BCUT2D eigenvalue weighted by Crippen LogP contribution is 2.31. The van der Waals surface area contributed by atoms with Gasteiger partial charge in [0.2, 0.25) is 5.91 Å². The van der Waals surface area contributed by atoms with E-state index in [4.69, 9.17) is 9.47 Å². The Hall–Kier alpha value is -3.02. The average Bonchev–Trinajstić information content (AvgIpc) is 2.69. The molecule has 6 heteroatoms. The highest BCUT2D eigenvalue weighted by Gasteiger charge is 2.25. The molecule has 0 bridgehead atoms.